The Labute approximate surface area is 289 Å². The Morgan fingerprint density at radius 1 is 1.04 bits per heavy atom. The highest BCUT2D eigenvalue weighted by Crippen LogP contribution is 2.28. The maximum absolute atomic E-state index is 11.3. The third-order valence-corrected chi connectivity index (χ3v) is 8.00. The lowest BCUT2D eigenvalue weighted by Gasteiger charge is -2.23. The number of anilines is 2. The number of amides is 1. The molecule has 0 spiro atoms. The lowest BCUT2D eigenvalue weighted by molar-refractivity contribution is -0.115. The van der Waals surface area contributed by atoms with E-state index in [0.29, 0.717) is 18.3 Å². The number of hydrogen-bond donors (Lipinski definition) is 3. The van der Waals surface area contributed by atoms with E-state index in [0.717, 1.165) is 45.3 Å². The Hall–Kier alpha value is -3.80. The predicted molar refractivity (Wildman–Crippen MR) is 207 cm³/mol. The number of nitrogens with one attached hydrogen (secondary N) is 3. The number of hydrogen-bond acceptors (Lipinski definition) is 6. The van der Waals surface area contributed by atoms with E-state index in [1.807, 2.05) is 110 Å². The maximum atomic E-state index is 11.3. The first-order chi connectivity index (χ1) is 22.5. The molecule has 0 atom stereocenters. The van der Waals surface area contributed by atoms with E-state index in [-0.39, 0.29) is 5.91 Å². The van der Waals surface area contributed by atoms with Gasteiger partial charge in [-0.2, -0.15) is 0 Å². The van der Waals surface area contributed by atoms with Gasteiger partial charge in [-0.3, -0.25) is 4.79 Å². The fraction of sp³-hybridized carbons (Fsp3) is 0.475. The van der Waals surface area contributed by atoms with Crippen LogP contribution in [0.4, 0.5) is 10.8 Å². The Kier molecular flexibility index (Phi) is 23.3. The molecular weight excluding hydrogens is 601 g/mol. The number of aromatic nitrogens is 1. The highest BCUT2D eigenvalue weighted by Gasteiger charge is 2.19. The summed E-state index contributed by atoms with van der Waals surface area (Å²) in [5.41, 5.74) is 8.03. The summed E-state index contributed by atoms with van der Waals surface area (Å²) in [5.74, 6) is 2.82. The fourth-order valence-electron chi connectivity index (χ4n) is 4.61. The van der Waals surface area contributed by atoms with Crippen molar-refractivity contribution >= 4 is 39.7 Å². The fourth-order valence-corrected chi connectivity index (χ4v) is 5.29. The van der Waals surface area contributed by atoms with Crippen LogP contribution in [-0.4, -0.2) is 29.6 Å². The number of aryl methyl sites for hydroxylation is 1. The van der Waals surface area contributed by atoms with Gasteiger partial charge in [0, 0.05) is 47.3 Å². The Bertz CT molecular complexity index is 1390. The zero-order chi connectivity index (χ0) is 35.8. The number of carbonyl (C=O) groups excluding carboxylic acids is 2. The maximum Gasteiger partial charge on any atom is 0.224 e. The van der Waals surface area contributed by atoms with Crippen LogP contribution in [0.25, 0.3) is 11.3 Å². The molecule has 3 N–H and O–H groups in total. The first kappa shape index (κ1) is 43.2. The van der Waals surface area contributed by atoms with Crippen LogP contribution < -0.4 is 10.6 Å². The van der Waals surface area contributed by atoms with Crippen molar-refractivity contribution in [3.05, 3.63) is 82.8 Å². The monoisotopic (exact) mass is 660 g/mol. The molecule has 1 aromatic heterocycles. The van der Waals surface area contributed by atoms with Gasteiger partial charge in [0.1, 0.15) is 5.94 Å². The number of thiazole rings is 1. The molecule has 1 fully saturated rings. The average Bonchev–Trinajstić information content (AvgIpc) is 3.57. The van der Waals surface area contributed by atoms with Crippen LogP contribution in [0.3, 0.4) is 0 Å². The summed E-state index contributed by atoms with van der Waals surface area (Å²) in [6.45, 7) is 21.4. The summed E-state index contributed by atoms with van der Waals surface area (Å²) in [6, 6.07) is 16.0. The first-order valence-corrected chi connectivity index (χ1v) is 17.9. The molecule has 2 aromatic carbocycles. The van der Waals surface area contributed by atoms with E-state index in [4.69, 9.17) is 5.41 Å². The van der Waals surface area contributed by atoms with Gasteiger partial charge in [0.15, 0.2) is 5.13 Å². The number of allylic oxidation sites excluding steroid dienone is 2. The smallest absolute Gasteiger partial charge is 0.224 e. The van der Waals surface area contributed by atoms with Crippen molar-refractivity contribution in [2.45, 2.75) is 107 Å². The van der Waals surface area contributed by atoms with Crippen LogP contribution in [0.2, 0.25) is 0 Å². The van der Waals surface area contributed by atoms with E-state index >= 15 is 0 Å². The number of rotatable bonds is 8. The van der Waals surface area contributed by atoms with Crippen molar-refractivity contribution in [3.8, 4) is 11.3 Å². The Balaban J connectivity index is 0.000000656. The molecule has 1 aliphatic rings. The molecule has 3 aromatic rings. The van der Waals surface area contributed by atoms with E-state index in [1.54, 1.807) is 11.3 Å². The first-order valence-electron chi connectivity index (χ1n) is 17.0. The van der Waals surface area contributed by atoms with Crippen LogP contribution >= 0.6 is 11.3 Å². The average molecular weight is 661 g/mol. The minimum Gasteiger partial charge on any atom is -0.365 e. The van der Waals surface area contributed by atoms with Gasteiger partial charge in [-0.05, 0) is 69.2 Å². The van der Waals surface area contributed by atoms with E-state index in [2.05, 4.69) is 41.3 Å². The Morgan fingerprint density at radius 2 is 1.66 bits per heavy atom. The van der Waals surface area contributed by atoms with Crippen molar-refractivity contribution in [2.75, 3.05) is 17.7 Å². The van der Waals surface area contributed by atoms with E-state index in [1.165, 1.54) is 43.2 Å². The van der Waals surface area contributed by atoms with Gasteiger partial charge in [0.2, 0.25) is 5.91 Å². The molecule has 1 amide bonds. The minimum atomic E-state index is 0.0151. The normalized spacial score (nSPS) is 11.7. The minimum absolute atomic E-state index is 0.0151. The molecule has 4 rings (SSSR count). The summed E-state index contributed by atoms with van der Waals surface area (Å²) >= 11 is 1.56. The van der Waals surface area contributed by atoms with Crippen LogP contribution in [0, 0.1) is 24.2 Å². The van der Waals surface area contributed by atoms with E-state index in [9.17, 15) is 9.59 Å². The number of nitrogens with zero attached hydrogens (tertiary/aromatic N) is 1. The van der Waals surface area contributed by atoms with Gasteiger partial charge >= 0.3 is 0 Å². The molecule has 6 nitrogen and oxygen atoms in total. The van der Waals surface area contributed by atoms with Crippen molar-refractivity contribution < 1.29 is 9.59 Å². The van der Waals surface area contributed by atoms with Gasteiger partial charge in [-0.15, -0.1) is 17.9 Å². The van der Waals surface area contributed by atoms with Crippen LogP contribution in [0.1, 0.15) is 111 Å². The number of carbonyl (C=O) groups is 1. The second kappa shape index (κ2) is 25.3. The highest BCUT2D eigenvalue weighted by atomic mass is 32.1. The summed E-state index contributed by atoms with van der Waals surface area (Å²) in [4.78, 5) is 25.8. The third kappa shape index (κ3) is 17.6. The summed E-state index contributed by atoms with van der Waals surface area (Å²) < 4.78 is 0. The molecule has 0 saturated heterocycles. The zero-order valence-electron chi connectivity index (χ0n) is 30.7. The SMILES string of the molecule is C=C(C)C.CC.CCC(=C=O)C(C)C.CCC(=O)Nc1cccc(-c2csc(NC)n2)c1.Cc1ccccc1C(=N)C1CCCCC1. The van der Waals surface area contributed by atoms with Crippen molar-refractivity contribution in [3.63, 3.8) is 0 Å². The standard InChI is InChI=1S/C14H19N.C13H15N3OS.C7H12O.C4H8.C2H6/c1-11-7-5-6-10-13(11)14(15)12-8-3-2-4-9-12;1-3-12(17)15-10-6-4-5-9(7-10)11-8-18-13(14-2)16-11;1-4-7(5-8)6(2)3;1-4(2)3;1-2/h5-7,10,12,15H,2-4,8-9H2,1H3;4-8H,3H2,1-2H3,(H,14,16)(H,15,17);6H,4H2,1-3H3;1H2,2-3H3;1-2H3. The molecule has 47 heavy (non-hydrogen) atoms. The molecule has 7 heteroatoms. The van der Waals surface area contributed by atoms with Gasteiger partial charge in [-0.25, -0.2) is 9.78 Å². The van der Waals surface area contributed by atoms with Crippen molar-refractivity contribution in [1.82, 2.24) is 4.98 Å². The lowest BCUT2D eigenvalue weighted by atomic mass is 9.82. The highest BCUT2D eigenvalue weighted by molar-refractivity contribution is 7.14. The quantitative estimate of drug-likeness (QED) is 0.127. The van der Waals surface area contributed by atoms with E-state index < -0.39 is 0 Å². The summed E-state index contributed by atoms with van der Waals surface area (Å²) in [5, 5.41) is 17.0. The molecule has 1 saturated carbocycles. The molecule has 1 aliphatic carbocycles. The zero-order valence-corrected chi connectivity index (χ0v) is 31.5. The summed E-state index contributed by atoms with van der Waals surface area (Å²) in [6.07, 6.45) is 7.71. The van der Waals surface area contributed by atoms with Crippen LogP contribution in [-0.2, 0) is 9.59 Å². The second-order valence-corrected chi connectivity index (χ2v) is 12.5. The van der Waals surface area contributed by atoms with Crippen LogP contribution in [0.15, 0.2) is 71.6 Å². The van der Waals surface area contributed by atoms with Gasteiger partial charge in [-0.1, -0.05) is 103 Å². The third-order valence-electron chi connectivity index (χ3n) is 7.14. The summed E-state index contributed by atoms with van der Waals surface area (Å²) in [7, 11) is 1.85. The molecule has 0 bridgehead atoms. The van der Waals surface area contributed by atoms with Gasteiger partial charge < -0.3 is 16.0 Å². The molecule has 258 valence electrons. The molecule has 0 unspecified atom stereocenters. The number of benzene rings is 2. The second-order valence-electron chi connectivity index (χ2n) is 11.7. The van der Waals surface area contributed by atoms with Crippen molar-refractivity contribution in [2.24, 2.45) is 11.8 Å². The lowest BCUT2D eigenvalue weighted by Crippen LogP contribution is -2.18. The Morgan fingerprint density at radius 3 is 2.13 bits per heavy atom. The molecule has 0 aliphatic heterocycles. The predicted octanol–water partition coefficient (Wildman–Crippen LogP) is 11.6. The van der Waals surface area contributed by atoms with Gasteiger partial charge in [0.25, 0.3) is 0 Å². The molecular formula is C40H60N4O2S. The topological polar surface area (TPSA) is 94.9 Å². The van der Waals surface area contributed by atoms with Gasteiger partial charge in [0.05, 0.1) is 5.69 Å². The molecule has 0 radical (unpaired) electrons. The van der Waals surface area contributed by atoms with Crippen LogP contribution in [0.5, 0.6) is 0 Å². The largest absolute Gasteiger partial charge is 0.365 e. The van der Waals surface area contributed by atoms with Crippen molar-refractivity contribution in [1.29, 1.82) is 5.41 Å². The molecule has 1 heterocycles.